The number of aromatic nitrogens is 3. The van der Waals surface area contributed by atoms with E-state index in [4.69, 9.17) is 0 Å². The smallest absolute Gasteiger partial charge is 0.182 e. The highest BCUT2D eigenvalue weighted by Gasteiger charge is 2.06. The number of hydrogen-bond acceptors (Lipinski definition) is 2. The molecule has 0 aliphatic rings. The lowest BCUT2D eigenvalue weighted by Gasteiger charge is -1.93. The van der Waals surface area contributed by atoms with E-state index < -0.39 is 0 Å². The molecular weight excluding hydrogens is 285 g/mol. The van der Waals surface area contributed by atoms with Crippen molar-refractivity contribution in [3.8, 4) is 11.4 Å². The Morgan fingerprint density at radius 1 is 1.12 bits per heavy atom. The van der Waals surface area contributed by atoms with Gasteiger partial charge in [0, 0.05) is 22.3 Å². The molecule has 0 bridgehead atoms. The lowest BCUT2D eigenvalue weighted by Crippen LogP contribution is -1.87. The van der Waals surface area contributed by atoms with E-state index >= 15 is 0 Å². The molecule has 17 heavy (non-hydrogen) atoms. The van der Waals surface area contributed by atoms with Crippen molar-refractivity contribution >= 4 is 21.6 Å². The summed E-state index contributed by atoms with van der Waals surface area (Å²) in [5.41, 5.74) is 1.40. The van der Waals surface area contributed by atoms with E-state index in [0.29, 0.717) is 11.5 Å². The molecule has 84 valence electrons. The lowest BCUT2D eigenvalue weighted by atomic mass is 10.2. The first-order chi connectivity index (χ1) is 8.22. The minimum absolute atomic E-state index is 0.313. The van der Waals surface area contributed by atoms with E-state index in [2.05, 4.69) is 26.0 Å². The molecule has 2 aromatic heterocycles. The molecule has 0 N–H and O–H groups in total. The summed E-state index contributed by atoms with van der Waals surface area (Å²) in [5.74, 6) is 0.273. The summed E-state index contributed by atoms with van der Waals surface area (Å²) in [7, 11) is 0. The van der Waals surface area contributed by atoms with Crippen LogP contribution in [0.3, 0.4) is 0 Å². The van der Waals surface area contributed by atoms with Gasteiger partial charge in [-0.1, -0.05) is 28.1 Å². The Morgan fingerprint density at radius 2 is 1.88 bits per heavy atom. The van der Waals surface area contributed by atoms with Gasteiger partial charge in [-0.25, -0.2) is 13.9 Å². The fourth-order valence-electron chi connectivity index (χ4n) is 1.58. The maximum Gasteiger partial charge on any atom is 0.182 e. The van der Waals surface area contributed by atoms with Gasteiger partial charge in [-0.3, -0.25) is 0 Å². The van der Waals surface area contributed by atoms with Gasteiger partial charge < -0.3 is 0 Å². The molecule has 3 rings (SSSR count). The summed E-state index contributed by atoms with van der Waals surface area (Å²) in [6.45, 7) is 0. The molecule has 0 saturated heterocycles. The number of nitrogens with zero attached hydrogens (tertiary/aromatic N) is 3. The van der Waals surface area contributed by atoms with Crippen LogP contribution >= 0.6 is 15.9 Å². The average Bonchev–Trinajstić information content (AvgIpc) is 2.72. The molecule has 0 amide bonds. The first-order valence-electron chi connectivity index (χ1n) is 5.00. The number of benzene rings is 1. The van der Waals surface area contributed by atoms with Crippen molar-refractivity contribution in [2.75, 3.05) is 0 Å². The maximum absolute atomic E-state index is 13.0. The number of halogens is 2. The Balaban J connectivity index is 2.14. The van der Waals surface area contributed by atoms with Gasteiger partial charge >= 0.3 is 0 Å². The van der Waals surface area contributed by atoms with Gasteiger partial charge in [0.15, 0.2) is 11.5 Å². The summed E-state index contributed by atoms with van der Waals surface area (Å²) in [6, 6.07) is 10.4. The summed E-state index contributed by atoms with van der Waals surface area (Å²) in [6.07, 6.45) is 1.56. The molecule has 0 spiro atoms. The first kappa shape index (κ1) is 10.4. The number of hydrogen-bond donors (Lipinski definition) is 0. The minimum atomic E-state index is -0.313. The van der Waals surface area contributed by atoms with Crippen LogP contribution in [0.5, 0.6) is 0 Å². The Bertz CT molecular complexity index is 676. The van der Waals surface area contributed by atoms with Crippen molar-refractivity contribution in [1.82, 2.24) is 14.6 Å². The van der Waals surface area contributed by atoms with Crippen molar-refractivity contribution in [3.05, 3.63) is 52.9 Å². The monoisotopic (exact) mass is 291 g/mol. The normalized spacial score (nSPS) is 10.9. The molecule has 0 unspecified atom stereocenters. The van der Waals surface area contributed by atoms with Crippen LogP contribution in [-0.2, 0) is 0 Å². The van der Waals surface area contributed by atoms with Crippen LogP contribution in [0.15, 0.2) is 47.1 Å². The van der Waals surface area contributed by atoms with E-state index in [1.54, 1.807) is 10.7 Å². The lowest BCUT2D eigenvalue weighted by molar-refractivity contribution is 0.625. The van der Waals surface area contributed by atoms with E-state index in [-0.39, 0.29) is 5.82 Å². The molecule has 0 aliphatic heterocycles. The van der Waals surface area contributed by atoms with Crippen molar-refractivity contribution in [1.29, 1.82) is 0 Å². The number of rotatable bonds is 1. The molecule has 3 aromatic rings. The Kier molecular flexibility index (Phi) is 2.40. The second-order valence-electron chi connectivity index (χ2n) is 3.59. The fraction of sp³-hybridized carbons (Fsp3) is 0. The quantitative estimate of drug-likeness (QED) is 0.689. The highest BCUT2D eigenvalue weighted by atomic mass is 79.9. The molecule has 0 atom stereocenters. The van der Waals surface area contributed by atoms with E-state index in [1.807, 2.05) is 24.3 Å². The third kappa shape index (κ3) is 1.93. The Labute approximate surface area is 105 Å². The second kappa shape index (κ2) is 3.92. The third-order valence-corrected chi connectivity index (χ3v) is 2.93. The Hall–Kier alpha value is -1.75. The summed E-state index contributed by atoms with van der Waals surface area (Å²) < 4.78 is 15.6. The molecular formula is C12H7BrFN3. The van der Waals surface area contributed by atoms with Gasteiger partial charge in [0.1, 0.15) is 5.82 Å². The molecule has 0 aliphatic carbocycles. The van der Waals surface area contributed by atoms with Gasteiger partial charge in [-0.2, -0.15) is 0 Å². The highest BCUT2D eigenvalue weighted by molar-refractivity contribution is 9.10. The van der Waals surface area contributed by atoms with Crippen LogP contribution < -0.4 is 0 Å². The number of fused-ring (bicyclic) bond motifs is 1. The van der Waals surface area contributed by atoms with Gasteiger partial charge in [-0.05, 0) is 18.2 Å². The molecule has 3 nitrogen and oxygen atoms in total. The van der Waals surface area contributed by atoms with Gasteiger partial charge in [-0.15, -0.1) is 5.10 Å². The minimum Gasteiger partial charge on any atom is -0.220 e. The fourth-order valence-corrected chi connectivity index (χ4v) is 1.84. The van der Waals surface area contributed by atoms with Gasteiger partial charge in [0.05, 0.1) is 0 Å². The van der Waals surface area contributed by atoms with Crippen molar-refractivity contribution in [2.45, 2.75) is 0 Å². The van der Waals surface area contributed by atoms with Crippen molar-refractivity contribution < 1.29 is 4.39 Å². The van der Waals surface area contributed by atoms with Gasteiger partial charge in [0.25, 0.3) is 0 Å². The largest absolute Gasteiger partial charge is 0.220 e. The molecule has 0 saturated carbocycles. The van der Waals surface area contributed by atoms with Crippen LogP contribution in [0.1, 0.15) is 0 Å². The second-order valence-corrected chi connectivity index (χ2v) is 4.51. The molecule has 0 fully saturated rings. The summed E-state index contributed by atoms with van der Waals surface area (Å²) in [5, 5.41) is 4.28. The predicted molar refractivity (Wildman–Crippen MR) is 66.1 cm³/mol. The molecule has 2 heterocycles. The van der Waals surface area contributed by atoms with E-state index in [0.717, 1.165) is 10.0 Å². The van der Waals surface area contributed by atoms with Crippen LogP contribution in [0, 0.1) is 5.82 Å². The molecule has 5 heteroatoms. The summed E-state index contributed by atoms with van der Waals surface area (Å²) in [4.78, 5) is 4.27. The third-order valence-electron chi connectivity index (χ3n) is 2.40. The molecule has 0 radical (unpaired) electrons. The zero-order valence-electron chi connectivity index (χ0n) is 8.64. The van der Waals surface area contributed by atoms with Crippen LogP contribution in [0.2, 0.25) is 0 Å². The standard InChI is InChI=1S/C12H7BrFN3/c13-9-3-1-8(2-4-9)12-15-11-7-10(14)5-6-17(11)16-12/h1-7H. The summed E-state index contributed by atoms with van der Waals surface area (Å²) >= 11 is 3.37. The zero-order chi connectivity index (χ0) is 11.8. The first-order valence-corrected chi connectivity index (χ1v) is 5.79. The molecule has 1 aromatic carbocycles. The topological polar surface area (TPSA) is 30.2 Å². The van der Waals surface area contributed by atoms with Crippen molar-refractivity contribution in [3.63, 3.8) is 0 Å². The van der Waals surface area contributed by atoms with Crippen LogP contribution in [0.25, 0.3) is 17.0 Å². The maximum atomic E-state index is 13.0. The van der Waals surface area contributed by atoms with Crippen molar-refractivity contribution in [2.24, 2.45) is 0 Å². The SMILES string of the molecule is Fc1ccn2nc(-c3ccc(Br)cc3)nc2c1. The van der Waals surface area contributed by atoms with E-state index in [1.165, 1.54) is 12.1 Å². The van der Waals surface area contributed by atoms with Crippen LogP contribution in [0.4, 0.5) is 4.39 Å². The highest BCUT2D eigenvalue weighted by Crippen LogP contribution is 2.19. The predicted octanol–water partition coefficient (Wildman–Crippen LogP) is 3.30. The van der Waals surface area contributed by atoms with E-state index in [9.17, 15) is 4.39 Å². The Morgan fingerprint density at radius 3 is 2.65 bits per heavy atom. The average molecular weight is 292 g/mol. The van der Waals surface area contributed by atoms with Gasteiger partial charge in [0.2, 0.25) is 0 Å². The van der Waals surface area contributed by atoms with Crippen LogP contribution in [-0.4, -0.2) is 14.6 Å². The zero-order valence-corrected chi connectivity index (χ0v) is 10.2. The number of pyridine rings is 1.